The fourth-order valence-electron chi connectivity index (χ4n) is 6.21. The molecule has 2 aromatic carbocycles. The molecule has 0 unspecified atom stereocenters. The summed E-state index contributed by atoms with van der Waals surface area (Å²) in [5.41, 5.74) is 6.75. The summed E-state index contributed by atoms with van der Waals surface area (Å²) in [6, 6.07) is 12.8. The first-order chi connectivity index (χ1) is 18.4. The monoisotopic (exact) mass is 513 g/mol. The van der Waals surface area contributed by atoms with Gasteiger partial charge in [-0.2, -0.15) is 0 Å². The second-order valence-corrected chi connectivity index (χ2v) is 10.7. The molecule has 6 heteroatoms. The number of piperidine rings is 1. The minimum absolute atomic E-state index is 0.0553. The lowest BCUT2D eigenvalue weighted by atomic mass is 9.90. The van der Waals surface area contributed by atoms with Crippen molar-refractivity contribution in [3.63, 3.8) is 0 Å². The molecule has 1 aromatic heterocycles. The van der Waals surface area contributed by atoms with Gasteiger partial charge in [0.2, 0.25) is 0 Å². The lowest BCUT2D eigenvalue weighted by Crippen LogP contribution is -2.46. The van der Waals surface area contributed by atoms with Gasteiger partial charge in [-0.15, -0.1) is 0 Å². The van der Waals surface area contributed by atoms with E-state index >= 15 is 0 Å². The first kappa shape index (κ1) is 26.1. The summed E-state index contributed by atoms with van der Waals surface area (Å²) in [4.78, 5) is 33.9. The minimum atomic E-state index is -0.324. The molecule has 0 saturated carbocycles. The van der Waals surface area contributed by atoms with Crippen LogP contribution in [-0.2, 0) is 4.79 Å². The van der Waals surface area contributed by atoms with Crippen molar-refractivity contribution in [3.8, 4) is 11.1 Å². The van der Waals surface area contributed by atoms with Crippen molar-refractivity contribution in [2.45, 2.75) is 52.5 Å². The Bertz CT molecular complexity index is 1380. The maximum Gasteiger partial charge on any atom is 0.255 e. The average molecular weight is 514 g/mol. The quantitative estimate of drug-likeness (QED) is 0.316. The second-order valence-electron chi connectivity index (χ2n) is 10.7. The first-order valence-electron chi connectivity index (χ1n) is 13.6. The molecule has 198 valence electrons. The molecule has 2 fully saturated rings. The van der Waals surface area contributed by atoms with Crippen LogP contribution in [0.2, 0.25) is 0 Å². The number of aromatic amines is 1. The van der Waals surface area contributed by atoms with Crippen LogP contribution in [0.5, 0.6) is 0 Å². The molecule has 2 aliphatic rings. The average Bonchev–Trinajstić information content (AvgIpc) is 3.55. The topological polar surface area (TPSA) is 56.4 Å². The molecule has 5 nitrogen and oxygen atoms in total. The summed E-state index contributed by atoms with van der Waals surface area (Å²) in [5.74, 6) is -0.269. The Balaban J connectivity index is 1.43. The third-order valence-corrected chi connectivity index (χ3v) is 8.22. The summed E-state index contributed by atoms with van der Waals surface area (Å²) in [6.07, 6.45) is 7.26. The number of halogens is 1. The van der Waals surface area contributed by atoms with Crippen molar-refractivity contribution in [1.29, 1.82) is 0 Å². The summed E-state index contributed by atoms with van der Waals surface area (Å²) in [5, 5.41) is 0. The number of carbonyl (C=O) groups excluding carboxylic acids is 2. The van der Waals surface area contributed by atoms with Crippen LogP contribution in [-0.4, -0.2) is 59.2 Å². The molecule has 5 rings (SSSR count). The van der Waals surface area contributed by atoms with Gasteiger partial charge in [-0.3, -0.25) is 9.59 Å². The number of benzene rings is 2. The van der Waals surface area contributed by atoms with E-state index in [1.807, 2.05) is 56.0 Å². The van der Waals surface area contributed by atoms with E-state index < -0.39 is 0 Å². The molecule has 0 radical (unpaired) electrons. The van der Waals surface area contributed by atoms with Crippen molar-refractivity contribution in [2.75, 3.05) is 26.2 Å². The molecule has 2 aliphatic heterocycles. The van der Waals surface area contributed by atoms with Gasteiger partial charge < -0.3 is 14.8 Å². The molecule has 2 saturated heterocycles. The highest BCUT2D eigenvalue weighted by atomic mass is 19.1. The molecule has 1 N–H and O–H groups in total. The van der Waals surface area contributed by atoms with Gasteiger partial charge >= 0.3 is 0 Å². The third-order valence-electron chi connectivity index (χ3n) is 8.22. The molecule has 3 heterocycles. The number of rotatable bonds is 6. The number of aryl methyl sites for hydroxylation is 2. The molecule has 0 bridgehead atoms. The largest absolute Gasteiger partial charge is 0.358 e. The highest BCUT2D eigenvalue weighted by molar-refractivity contribution is 6.16. The van der Waals surface area contributed by atoms with E-state index in [2.05, 4.69) is 9.88 Å². The fourth-order valence-corrected chi connectivity index (χ4v) is 6.21. The summed E-state index contributed by atoms with van der Waals surface area (Å²) >= 11 is 0. The van der Waals surface area contributed by atoms with Crippen molar-refractivity contribution in [2.24, 2.45) is 0 Å². The Hall–Kier alpha value is -3.51. The van der Waals surface area contributed by atoms with Crippen LogP contribution in [0, 0.1) is 26.6 Å². The van der Waals surface area contributed by atoms with Crippen LogP contribution < -0.4 is 0 Å². The van der Waals surface area contributed by atoms with Crippen LogP contribution >= 0.6 is 0 Å². The highest BCUT2D eigenvalue weighted by Crippen LogP contribution is 2.33. The Labute approximate surface area is 224 Å². The Kier molecular flexibility index (Phi) is 7.61. The van der Waals surface area contributed by atoms with E-state index in [9.17, 15) is 14.0 Å². The lowest BCUT2D eigenvalue weighted by Gasteiger charge is -2.36. The fraction of sp³-hybridized carbons (Fsp3) is 0.375. The van der Waals surface area contributed by atoms with Crippen LogP contribution in [0.3, 0.4) is 0 Å². The smallest absolute Gasteiger partial charge is 0.255 e. The number of allylic oxidation sites excluding steroid dienone is 1. The van der Waals surface area contributed by atoms with Gasteiger partial charge in [0.1, 0.15) is 5.82 Å². The number of hydrogen-bond acceptors (Lipinski definition) is 3. The van der Waals surface area contributed by atoms with E-state index in [4.69, 9.17) is 0 Å². The van der Waals surface area contributed by atoms with E-state index in [0.717, 1.165) is 65.9 Å². The lowest BCUT2D eigenvalue weighted by molar-refractivity contribution is -0.103. The standard InChI is InChI=1S/C32H36FN3O2/c1-21-8-6-11-28(24-9-7-10-26(33)18-24)30(21)25(20-37)19-29-22(2)31(23(3)34-29)32(38)36-16-12-27(13-17-36)35-14-4-5-15-35/h6-11,18-20,27,34H,4-5,12-17H2,1-3H3/b25-19+. The van der Waals surface area contributed by atoms with E-state index in [0.29, 0.717) is 22.7 Å². The molecule has 38 heavy (non-hydrogen) atoms. The second kappa shape index (κ2) is 11.1. The number of nitrogens with one attached hydrogen (secondary N) is 1. The first-order valence-corrected chi connectivity index (χ1v) is 13.6. The van der Waals surface area contributed by atoms with E-state index in [1.54, 1.807) is 6.07 Å². The SMILES string of the molecule is Cc1cccc(-c2cccc(F)c2)c1/C(C=O)=C/c1[nH]c(C)c(C(=O)N2CCC(N3CCCC3)CC2)c1C. The van der Waals surface area contributed by atoms with Crippen LogP contribution in [0.4, 0.5) is 4.39 Å². The van der Waals surface area contributed by atoms with Gasteiger partial charge in [-0.25, -0.2) is 4.39 Å². The Morgan fingerprint density at radius 1 is 0.974 bits per heavy atom. The Morgan fingerprint density at radius 2 is 1.68 bits per heavy atom. The number of amides is 1. The van der Waals surface area contributed by atoms with Crippen LogP contribution in [0.25, 0.3) is 22.8 Å². The molecular formula is C32H36FN3O2. The number of carbonyl (C=O) groups is 2. The highest BCUT2D eigenvalue weighted by Gasteiger charge is 2.30. The molecular weight excluding hydrogens is 477 g/mol. The zero-order valence-corrected chi connectivity index (χ0v) is 22.5. The number of H-pyrrole nitrogens is 1. The molecule has 1 amide bonds. The van der Waals surface area contributed by atoms with Crippen molar-refractivity contribution < 1.29 is 14.0 Å². The van der Waals surface area contributed by atoms with Gasteiger partial charge in [0.05, 0.1) is 5.56 Å². The normalized spacial score (nSPS) is 17.3. The van der Waals surface area contributed by atoms with E-state index in [1.165, 1.54) is 38.1 Å². The maximum atomic E-state index is 14.0. The number of aldehydes is 1. The van der Waals surface area contributed by atoms with Gasteiger partial charge in [0, 0.05) is 36.1 Å². The summed E-state index contributed by atoms with van der Waals surface area (Å²) in [7, 11) is 0. The minimum Gasteiger partial charge on any atom is -0.358 e. The summed E-state index contributed by atoms with van der Waals surface area (Å²) in [6.45, 7) is 9.72. The maximum absolute atomic E-state index is 14.0. The third kappa shape index (κ3) is 5.10. The van der Waals surface area contributed by atoms with Crippen LogP contribution in [0.15, 0.2) is 42.5 Å². The van der Waals surface area contributed by atoms with E-state index in [-0.39, 0.29) is 11.7 Å². The molecule has 0 spiro atoms. The predicted octanol–water partition coefficient (Wildman–Crippen LogP) is 6.19. The van der Waals surface area contributed by atoms with Crippen molar-refractivity contribution in [1.82, 2.24) is 14.8 Å². The predicted molar refractivity (Wildman–Crippen MR) is 151 cm³/mol. The van der Waals surface area contributed by atoms with Gasteiger partial charge in [0.25, 0.3) is 5.91 Å². The number of nitrogens with zero attached hydrogens (tertiary/aromatic N) is 2. The molecule has 3 aromatic rings. The van der Waals surface area contributed by atoms with Crippen molar-refractivity contribution >= 4 is 23.8 Å². The Morgan fingerprint density at radius 3 is 2.37 bits per heavy atom. The molecule has 0 aliphatic carbocycles. The van der Waals surface area contributed by atoms with Gasteiger partial charge in [0.15, 0.2) is 6.29 Å². The van der Waals surface area contributed by atoms with Crippen molar-refractivity contribution in [3.05, 3.63) is 81.9 Å². The molecule has 0 atom stereocenters. The number of aromatic nitrogens is 1. The van der Waals surface area contributed by atoms with Crippen LogP contribution in [0.1, 0.15) is 64.1 Å². The number of likely N-dealkylation sites (tertiary alicyclic amines) is 2. The zero-order chi connectivity index (χ0) is 26.8. The summed E-state index contributed by atoms with van der Waals surface area (Å²) < 4.78 is 14.0. The van der Waals surface area contributed by atoms with Gasteiger partial charge in [-0.05, 0) is 106 Å². The van der Waals surface area contributed by atoms with Gasteiger partial charge in [-0.1, -0.05) is 30.3 Å². The number of hydrogen-bond donors (Lipinski definition) is 1. The zero-order valence-electron chi connectivity index (χ0n) is 22.5.